The molecule has 2 N–H and O–H groups in total. The second-order valence-electron chi connectivity index (χ2n) is 6.67. The van der Waals surface area contributed by atoms with E-state index >= 15 is 0 Å². The Labute approximate surface area is 146 Å². The van der Waals surface area contributed by atoms with Gasteiger partial charge in [-0.2, -0.15) is 5.26 Å². The Kier molecular flexibility index (Phi) is 4.00. The van der Waals surface area contributed by atoms with Crippen molar-refractivity contribution in [3.8, 4) is 6.07 Å². The van der Waals surface area contributed by atoms with Gasteiger partial charge in [0, 0.05) is 18.9 Å². The van der Waals surface area contributed by atoms with Crippen LogP contribution in [0.25, 0.3) is 5.52 Å². The van der Waals surface area contributed by atoms with Crippen LogP contribution < -0.4 is 5.32 Å². The molecule has 2 aromatic rings. The first-order valence-electron chi connectivity index (χ1n) is 8.27. The number of fused-ring (bicyclic) bond motifs is 1. The highest BCUT2D eigenvalue weighted by Crippen LogP contribution is 2.50. The van der Waals surface area contributed by atoms with Crippen molar-refractivity contribution in [1.29, 1.82) is 5.26 Å². The number of nitrogens with zero attached hydrogens (tertiary/aromatic N) is 4. The molecule has 2 fully saturated rings. The van der Waals surface area contributed by atoms with Gasteiger partial charge in [-0.25, -0.2) is 22.7 Å². The number of rotatable bonds is 4. The normalized spacial score (nSPS) is 27.3. The number of aromatic nitrogens is 3. The summed E-state index contributed by atoms with van der Waals surface area (Å²) in [4.78, 5) is 4.02. The molecule has 3 heterocycles. The molecule has 1 saturated heterocycles. The zero-order valence-electron chi connectivity index (χ0n) is 13.6. The molecule has 0 amide bonds. The van der Waals surface area contributed by atoms with Gasteiger partial charge in [-0.05, 0) is 12.8 Å². The van der Waals surface area contributed by atoms with Crippen molar-refractivity contribution in [3.05, 3.63) is 23.3 Å². The first-order valence-corrected chi connectivity index (χ1v) is 8.27. The lowest BCUT2D eigenvalue weighted by Crippen LogP contribution is -2.42. The fourth-order valence-corrected chi connectivity index (χ4v) is 3.22. The molecule has 10 heteroatoms. The van der Waals surface area contributed by atoms with E-state index in [1.165, 1.54) is 6.20 Å². The van der Waals surface area contributed by atoms with E-state index in [1.807, 2.05) is 0 Å². The largest absolute Gasteiger partial charge is 0.389 e. The van der Waals surface area contributed by atoms with Crippen LogP contribution in [0.3, 0.4) is 0 Å². The fourth-order valence-electron chi connectivity index (χ4n) is 3.22. The molecule has 0 radical (unpaired) electrons. The topological polar surface area (TPSA) is 95.5 Å². The summed E-state index contributed by atoms with van der Waals surface area (Å²) in [5, 5.41) is 26.3. The number of halogens is 3. The van der Waals surface area contributed by atoms with Crippen LogP contribution in [0.1, 0.15) is 24.1 Å². The number of hydrogen-bond donors (Lipinski definition) is 2. The van der Waals surface area contributed by atoms with Crippen molar-refractivity contribution in [2.75, 3.05) is 18.5 Å². The molecule has 3 atom stereocenters. The minimum absolute atomic E-state index is 0.0430. The molecule has 2 aliphatic rings. The molecule has 0 bridgehead atoms. The number of aliphatic hydroxyl groups excluding tert-OH is 1. The van der Waals surface area contributed by atoms with Gasteiger partial charge < -0.3 is 15.2 Å². The minimum Gasteiger partial charge on any atom is -0.389 e. The van der Waals surface area contributed by atoms with Crippen LogP contribution in [0.4, 0.5) is 19.1 Å². The van der Waals surface area contributed by atoms with Gasteiger partial charge >= 0.3 is 0 Å². The van der Waals surface area contributed by atoms with Crippen molar-refractivity contribution in [1.82, 2.24) is 14.6 Å². The summed E-state index contributed by atoms with van der Waals surface area (Å²) in [7, 11) is 0. The first-order chi connectivity index (χ1) is 12.4. The second kappa shape index (κ2) is 6.10. The number of nitrogens with one attached hydrogen (secondary N) is 1. The van der Waals surface area contributed by atoms with Crippen LogP contribution in [-0.2, 0) is 11.2 Å². The Morgan fingerprint density at radius 1 is 1.50 bits per heavy atom. The summed E-state index contributed by atoms with van der Waals surface area (Å²) in [5.41, 5.74) is -0.219. The Morgan fingerprint density at radius 2 is 2.27 bits per heavy atom. The van der Waals surface area contributed by atoms with Crippen LogP contribution in [0.5, 0.6) is 0 Å². The lowest BCUT2D eigenvalue weighted by atomic mass is 10.1. The van der Waals surface area contributed by atoms with Gasteiger partial charge in [0.1, 0.15) is 17.1 Å². The van der Waals surface area contributed by atoms with E-state index in [0.29, 0.717) is 13.0 Å². The maximum absolute atomic E-state index is 14.4. The predicted octanol–water partition coefficient (Wildman–Crippen LogP) is 1.50. The summed E-state index contributed by atoms with van der Waals surface area (Å²) < 4.78 is 47.3. The first kappa shape index (κ1) is 17.1. The molecule has 1 saturated carbocycles. The average Bonchev–Trinajstić information content (AvgIpc) is 3.13. The van der Waals surface area contributed by atoms with Crippen molar-refractivity contribution >= 4 is 11.5 Å². The van der Waals surface area contributed by atoms with Crippen LogP contribution in [0.2, 0.25) is 0 Å². The molecule has 7 nitrogen and oxygen atoms in total. The van der Waals surface area contributed by atoms with Crippen molar-refractivity contribution in [2.45, 2.75) is 37.3 Å². The molecule has 0 spiro atoms. The Morgan fingerprint density at radius 3 is 2.92 bits per heavy atom. The number of aliphatic hydroxyl groups is 1. The van der Waals surface area contributed by atoms with Crippen molar-refractivity contribution < 1.29 is 23.0 Å². The highest BCUT2D eigenvalue weighted by molar-refractivity contribution is 5.58. The predicted molar refractivity (Wildman–Crippen MR) is 83.3 cm³/mol. The summed E-state index contributed by atoms with van der Waals surface area (Å²) in [6.07, 6.45) is 0.566. The second-order valence-corrected chi connectivity index (χ2v) is 6.67. The Bertz CT molecular complexity index is 894. The average molecular weight is 367 g/mol. The van der Waals surface area contributed by atoms with Crippen LogP contribution >= 0.6 is 0 Å². The van der Waals surface area contributed by atoms with E-state index in [9.17, 15) is 23.5 Å². The molecule has 138 valence electrons. The lowest BCUT2D eigenvalue weighted by molar-refractivity contribution is -0.0136. The zero-order valence-corrected chi connectivity index (χ0v) is 13.6. The maximum Gasteiger partial charge on any atom is 0.252 e. The van der Waals surface area contributed by atoms with Gasteiger partial charge in [0.15, 0.2) is 5.82 Å². The number of anilines is 1. The molecule has 26 heavy (non-hydrogen) atoms. The van der Waals surface area contributed by atoms with Crippen LogP contribution in [-0.4, -0.2) is 51.0 Å². The summed E-state index contributed by atoms with van der Waals surface area (Å²) in [6, 6.07) is 1.40. The van der Waals surface area contributed by atoms with E-state index in [4.69, 9.17) is 4.74 Å². The van der Waals surface area contributed by atoms with Gasteiger partial charge in [0.2, 0.25) is 5.95 Å². The van der Waals surface area contributed by atoms with Crippen LogP contribution in [0, 0.1) is 23.1 Å². The molecule has 1 aliphatic heterocycles. The maximum atomic E-state index is 14.4. The number of alkyl halides is 2. The van der Waals surface area contributed by atoms with E-state index in [2.05, 4.69) is 15.4 Å². The number of hydrogen-bond acceptors (Lipinski definition) is 6. The van der Waals surface area contributed by atoms with Crippen LogP contribution in [0.15, 0.2) is 6.20 Å². The summed E-state index contributed by atoms with van der Waals surface area (Å²) in [6.45, 7) is 0.647. The summed E-state index contributed by atoms with van der Waals surface area (Å²) in [5.74, 6) is -4.40. The van der Waals surface area contributed by atoms with E-state index in [1.54, 1.807) is 6.07 Å². The van der Waals surface area contributed by atoms with Gasteiger partial charge in [-0.15, -0.1) is 5.10 Å². The van der Waals surface area contributed by atoms with Gasteiger partial charge in [0.25, 0.3) is 5.92 Å². The fraction of sp³-hybridized carbons (Fsp3) is 0.562. The highest BCUT2D eigenvalue weighted by Gasteiger charge is 2.57. The Hall–Kier alpha value is -2.38. The quantitative estimate of drug-likeness (QED) is 0.850. The van der Waals surface area contributed by atoms with Crippen molar-refractivity contribution in [2.24, 2.45) is 5.92 Å². The minimum atomic E-state index is -2.78. The smallest absolute Gasteiger partial charge is 0.252 e. The summed E-state index contributed by atoms with van der Waals surface area (Å²) >= 11 is 0. The van der Waals surface area contributed by atoms with E-state index < -0.39 is 23.8 Å². The molecule has 0 aromatic carbocycles. The SMILES string of the molecule is N#Cc1c(F)c2cnc(N[C@@H]3CCOC[C@H]3O)nn2c1CC1CC1(F)F. The van der Waals surface area contributed by atoms with Gasteiger partial charge in [0.05, 0.1) is 30.6 Å². The molecule has 4 rings (SSSR count). The van der Waals surface area contributed by atoms with E-state index in [-0.39, 0.29) is 48.2 Å². The van der Waals surface area contributed by atoms with Gasteiger partial charge in [-0.3, -0.25) is 0 Å². The number of ether oxygens (including phenoxy) is 1. The zero-order chi connectivity index (χ0) is 18.5. The highest BCUT2D eigenvalue weighted by atomic mass is 19.3. The third kappa shape index (κ3) is 2.87. The third-order valence-corrected chi connectivity index (χ3v) is 4.87. The standard InChI is InChI=1S/C16H16F3N5O2/c17-14-9(5-20)11(3-8-4-16(8,18)19)24-12(14)6-21-15(23-24)22-10-1-2-26-7-13(10)25/h6,8,10,13,25H,1-4,7H2,(H,22,23)/t8?,10-,13-/m1/s1. The third-order valence-electron chi connectivity index (χ3n) is 4.87. The molecule has 1 aliphatic carbocycles. The molecule has 1 unspecified atom stereocenters. The molecular formula is C16H16F3N5O2. The molecular weight excluding hydrogens is 351 g/mol. The number of nitriles is 1. The Balaban J connectivity index is 1.68. The lowest BCUT2D eigenvalue weighted by Gasteiger charge is -2.28. The van der Waals surface area contributed by atoms with Crippen molar-refractivity contribution in [3.63, 3.8) is 0 Å². The monoisotopic (exact) mass is 367 g/mol. The van der Waals surface area contributed by atoms with E-state index in [0.717, 1.165) is 4.52 Å². The molecule has 2 aromatic heterocycles. The van der Waals surface area contributed by atoms with Gasteiger partial charge in [-0.1, -0.05) is 0 Å².